The maximum absolute atomic E-state index is 12.7. The molecule has 0 saturated carbocycles. The summed E-state index contributed by atoms with van der Waals surface area (Å²) in [5.41, 5.74) is 5.10. The molecule has 1 aliphatic heterocycles. The Kier molecular flexibility index (Phi) is 9.67. The normalized spacial score (nSPS) is 15.5. The largest absolute Gasteiger partial charge is 0.489 e. The Morgan fingerprint density at radius 2 is 1.79 bits per heavy atom. The number of benzene rings is 4. The average Bonchev–Trinajstić information content (AvgIpc) is 3.03. The van der Waals surface area contributed by atoms with Crippen LogP contribution < -0.4 is 19.5 Å². The number of hydrogen-bond acceptors (Lipinski definition) is 6. The molecule has 1 N–H and O–H groups in total. The Morgan fingerprint density at radius 3 is 2.55 bits per heavy atom. The number of methoxy groups -OCH3 is 1. The molecule has 0 radical (unpaired) electrons. The monoisotopic (exact) mass is 585 g/mol. The number of esters is 1. The minimum Gasteiger partial charge on any atom is -0.489 e. The zero-order valence-electron chi connectivity index (χ0n) is 24.1. The second kappa shape index (κ2) is 13.8. The predicted molar refractivity (Wildman–Crippen MR) is 164 cm³/mol. The molecule has 5 rings (SSSR count). The van der Waals surface area contributed by atoms with Crippen molar-refractivity contribution in [2.24, 2.45) is 0 Å². The molecule has 1 heterocycles. The Labute approximate surface area is 252 Å². The first-order chi connectivity index (χ1) is 20.4. The van der Waals surface area contributed by atoms with Gasteiger partial charge in [-0.15, -0.1) is 0 Å². The molecule has 0 amide bonds. The number of nitrogens with one attached hydrogen (secondary N) is 1. The highest BCUT2D eigenvalue weighted by molar-refractivity contribution is 6.31. The van der Waals surface area contributed by atoms with Crippen molar-refractivity contribution in [3.8, 4) is 17.2 Å². The summed E-state index contributed by atoms with van der Waals surface area (Å²) in [6.45, 7) is 4.86. The van der Waals surface area contributed by atoms with Crippen LogP contribution in [0.5, 0.6) is 17.2 Å². The van der Waals surface area contributed by atoms with Gasteiger partial charge in [0.05, 0.1) is 7.11 Å². The smallest absolute Gasteiger partial charge is 0.323 e. The summed E-state index contributed by atoms with van der Waals surface area (Å²) >= 11 is 6.26. The van der Waals surface area contributed by atoms with Crippen LogP contribution in [0.1, 0.15) is 53.3 Å². The van der Waals surface area contributed by atoms with Crippen molar-refractivity contribution in [1.29, 1.82) is 0 Å². The fourth-order valence-corrected chi connectivity index (χ4v) is 5.27. The van der Waals surface area contributed by atoms with Gasteiger partial charge in [0.15, 0.2) is 17.6 Å². The van der Waals surface area contributed by atoms with Gasteiger partial charge in [0.25, 0.3) is 0 Å². The van der Waals surface area contributed by atoms with Gasteiger partial charge in [-0.25, -0.2) is 0 Å². The van der Waals surface area contributed by atoms with E-state index in [1.807, 2.05) is 85.8 Å². The average molecular weight is 586 g/mol. The van der Waals surface area contributed by atoms with Crippen LogP contribution in [0.4, 0.5) is 0 Å². The second-order valence-corrected chi connectivity index (χ2v) is 10.9. The fourth-order valence-electron chi connectivity index (χ4n) is 5.07. The molecule has 4 aromatic rings. The molecule has 0 aromatic heterocycles. The molecular formula is C35H36ClNO5. The Bertz CT molecular complexity index is 1510. The summed E-state index contributed by atoms with van der Waals surface area (Å²) in [5.74, 6) is 1.77. The van der Waals surface area contributed by atoms with Gasteiger partial charge in [-0.3, -0.25) is 10.1 Å². The minimum atomic E-state index is -0.505. The standard InChI is InChI=1S/C35H36ClNO5/c1-4-30(26-9-6-5-7-10-26)37-31(35(38)39-3)18-24-15-16-32-33(19-24)41-22-34(42-32)27-11-8-12-28(20-27)40-21-25-14-13-23(2)29(36)17-25/h5-17,19-20,30-31,34,37H,4,18,21-22H2,1-3H3. The third kappa shape index (κ3) is 7.25. The van der Waals surface area contributed by atoms with Gasteiger partial charge in [-0.2, -0.15) is 0 Å². The number of aryl methyl sites for hydroxylation is 1. The summed E-state index contributed by atoms with van der Waals surface area (Å²) in [6, 6.07) is 29.3. The maximum atomic E-state index is 12.7. The van der Waals surface area contributed by atoms with E-state index < -0.39 is 6.04 Å². The summed E-state index contributed by atoms with van der Waals surface area (Å²) in [5, 5.41) is 4.22. The number of carbonyl (C=O) groups excluding carboxylic acids is 1. The molecule has 42 heavy (non-hydrogen) atoms. The Hall–Kier alpha value is -4.00. The lowest BCUT2D eigenvalue weighted by Gasteiger charge is -2.28. The minimum absolute atomic E-state index is 0.0303. The van der Waals surface area contributed by atoms with Crippen molar-refractivity contribution in [1.82, 2.24) is 5.32 Å². The van der Waals surface area contributed by atoms with Crippen molar-refractivity contribution < 1.29 is 23.7 Å². The van der Waals surface area contributed by atoms with E-state index in [-0.39, 0.29) is 18.1 Å². The zero-order chi connectivity index (χ0) is 29.5. The number of ether oxygens (including phenoxy) is 4. The van der Waals surface area contributed by atoms with Crippen LogP contribution in [0.15, 0.2) is 91.0 Å². The molecule has 3 unspecified atom stereocenters. The molecule has 6 nitrogen and oxygen atoms in total. The Morgan fingerprint density at radius 1 is 0.976 bits per heavy atom. The van der Waals surface area contributed by atoms with Crippen LogP contribution in [-0.4, -0.2) is 25.7 Å². The lowest BCUT2D eigenvalue weighted by atomic mass is 10.00. The molecule has 0 aliphatic carbocycles. The summed E-state index contributed by atoms with van der Waals surface area (Å²) in [7, 11) is 1.42. The first-order valence-electron chi connectivity index (χ1n) is 14.2. The second-order valence-electron chi connectivity index (χ2n) is 10.5. The first kappa shape index (κ1) is 29.5. The number of hydrogen-bond donors (Lipinski definition) is 1. The van der Waals surface area contributed by atoms with E-state index in [2.05, 4.69) is 24.4 Å². The number of rotatable bonds is 11. The fraction of sp³-hybridized carbons (Fsp3) is 0.286. The lowest BCUT2D eigenvalue weighted by Crippen LogP contribution is -2.41. The van der Waals surface area contributed by atoms with E-state index in [4.69, 9.17) is 30.5 Å². The third-order valence-corrected chi connectivity index (χ3v) is 7.88. The molecule has 3 atom stereocenters. The van der Waals surface area contributed by atoms with Crippen molar-refractivity contribution >= 4 is 17.6 Å². The van der Waals surface area contributed by atoms with E-state index in [1.165, 1.54) is 7.11 Å². The number of halogens is 1. The summed E-state index contributed by atoms with van der Waals surface area (Å²) in [6.07, 6.45) is 1.02. The SMILES string of the molecule is CCC(NC(Cc1ccc2c(c1)OCC(c1cccc(OCc3ccc(C)c(Cl)c3)c1)O2)C(=O)OC)c1ccccc1. The molecule has 1 aliphatic rings. The molecule has 0 saturated heterocycles. The lowest BCUT2D eigenvalue weighted by molar-refractivity contribution is -0.143. The van der Waals surface area contributed by atoms with Gasteiger partial charge < -0.3 is 18.9 Å². The molecule has 0 fully saturated rings. The van der Waals surface area contributed by atoms with Gasteiger partial charge >= 0.3 is 5.97 Å². The van der Waals surface area contributed by atoms with Crippen LogP contribution in [0, 0.1) is 6.92 Å². The molecule has 4 aromatic carbocycles. The van der Waals surface area contributed by atoms with E-state index in [1.54, 1.807) is 0 Å². The number of carbonyl (C=O) groups is 1. The Balaban J connectivity index is 1.24. The van der Waals surface area contributed by atoms with E-state index in [0.717, 1.165) is 45.0 Å². The highest BCUT2D eigenvalue weighted by atomic mass is 35.5. The molecule has 0 bridgehead atoms. The summed E-state index contributed by atoms with van der Waals surface area (Å²) < 4.78 is 23.6. The number of fused-ring (bicyclic) bond motifs is 1. The van der Waals surface area contributed by atoms with E-state index in [9.17, 15) is 4.79 Å². The molecular weight excluding hydrogens is 550 g/mol. The highest BCUT2D eigenvalue weighted by Gasteiger charge is 2.26. The van der Waals surface area contributed by atoms with Crippen LogP contribution in [-0.2, 0) is 22.6 Å². The zero-order valence-corrected chi connectivity index (χ0v) is 24.9. The van der Waals surface area contributed by atoms with Crippen LogP contribution in [0.2, 0.25) is 5.02 Å². The quantitative estimate of drug-likeness (QED) is 0.183. The highest BCUT2D eigenvalue weighted by Crippen LogP contribution is 2.38. The molecule has 7 heteroatoms. The van der Waals surface area contributed by atoms with Crippen LogP contribution in [0.25, 0.3) is 0 Å². The third-order valence-electron chi connectivity index (χ3n) is 7.48. The predicted octanol–water partition coefficient (Wildman–Crippen LogP) is 7.56. The summed E-state index contributed by atoms with van der Waals surface area (Å²) in [4.78, 5) is 12.7. The van der Waals surface area contributed by atoms with Gasteiger partial charge in [-0.1, -0.05) is 79.2 Å². The van der Waals surface area contributed by atoms with Crippen molar-refractivity contribution in [2.75, 3.05) is 13.7 Å². The topological polar surface area (TPSA) is 66.0 Å². The van der Waals surface area contributed by atoms with E-state index in [0.29, 0.717) is 31.1 Å². The van der Waals surface area contributed by atoms with Gasteiger partial charge in [0.1, 0.15) is 25.0 Å². The van der Waals surface area contributed by atoms with Gasteiger partial charge in [0.2, 0.25) is 0 Å². The van der Waals surface area contributed by atoms with Crippen LogP contribution in [0.3, 0.4) is 0 Å². The van der Waals surface area contributed by atoms with Gasteiger partial charge in [0, 0.05) is 11.1 Å². The molecule has 0 spiro atoms. The first-order valence-corrected chi connectivity index (χ1v) is 14.6. The van der Waals surface area contributed by atoms with E-state index >= 15 is 0 Å². The van der Waals surface area contributed by atoms with Crippen molar-refractivity contribution in [2.45, 2.75) is 51.5 Å². The maximum Gasteiger partial charge on any atom is 0.323 e. The molecule has 218 valence electrons. The van der Waals surface area contributed by atoms with Crippen molar-refractivity contribution in [3.63, 3.8) is 0 Å². The van der Waals surface area contributed by atoms with Crippen LogP contribution >= 0.6 is 11.6 Å². The van der Waals surface area contributed by atoms with Gasteiger partial charge in [-0.05, 0) is 77.9 Å². The van der Waals surface area contributed by atoms with Crippen molar-refractivity contribution in [3.05, 3.63) is 124 Å².